The molecule has 5 rings (SSSR count). The minimum atomic E-state index is -4.47. The third-order valence-corrected chi connectivity index (χ3v) is 6.62. The molecule has 0 aromatic heterocycles. The first-order valence-electron chi connectivity index (χ1n) is 11.3. The molecule has 0 unspecified atom stereocenters. The second-order valence-electron chi connectivity index (χ2n) is 8.92. The molecule has 0 radical (unpaired) electrons. The number of nitrogens with zero attached hydrogens (tertiary/aromatic N) is 1. The molecule has 9 heteroatoms. The van der Waals surface area contributed by atoms with Gasteiger partial charge in [0.05, 0.1) is 24.4 Å². The highest BCUT2D eigenvalue weighted by molar-refractivity contribution is 6.05. The second-order valence-corrected chi connectivity index (χ2v) is 8.92. The number of aliphatic hydroxyl groups excluding tert-OH is 1. The summed E-state index contributed by atoms with van der Waals surface area (Å²) < 4.78 is 51.4. The summed E-state index contributed by atoms with van der Waals surface area (Å²) in [6, 6.07) is 8.73. The summed E-state index contributed by atoms with van der Waals surface area (Å²) in [7, 11) is 0. The van der Waals surface area contributed by atoms with Crippen LogP contribution < -0.4 is 19.7 Å². The third kappa shape index (κ3) is 4.32. The van der Waals surface area contributed by atoms with Crippen LogP contribution in [0.5, 0.6) is 11.5 Å². The Bertz CT molecular complexity index is 1140. The number of hydrogen-bond donors (Lipinski definition) is 2. The Morgan fingerprint density at radius 3 is 2.71 bits per heavy atom. The summed E-state index contributed by atoms with van der Waals surface area (Å²) in [4.78, 5) is 14.9. The molecule has 1 spiro atoms. The number of carbonyl (C=O) groups is 1. The Morgan fingerprint density at radius 1 is 1.18 bits per heavy atom. The fourth-order valence-electron chi connectivity index (χ4n) is 4.78. The van der Waals surface area contributed by atoms with Crippen LogP contribution in [-0.4, -0.2) is 42.9 Å². The zero-order valence-corrected chi connectivity index (χ0v) is 18.5. The second kappa shape index (κ2) is 8.54. The van der Waals surface area contributed by atoms with Gasteiger partial charge in [-0.3, -0.25) is 4.79 Å². The molecule has 6 nitrogen and oxygen atoms in total. The van der Waals surface area contributed by atoms with E-state index >= 15 is 0 Å². The quantitative estimate of drug-likeness (QED) is 0.633. The minimum absolute atomic E-state index is 0.00140. The van der Waals surface area contributed by atoms with E-state index in [1.165, 1.54) is 12.1 Å². The van der Waals surface area contributed by atoms with Gasteiger partial charge >= 0.3 is 6.18 Å². The molecule has 2 heterocycles. The fraction of sp³-hybridized carbons (Fsp3) is 0.400. The van der Waals surface area contributed by atoms with Gasteiger partial charge in [0.15, 0.2) is 0 Å². The zero-order valence-electron chi connectivity index (χ0n) is 18.5. The van der Waals surface area contributed by atoms with Crippen LogP contribution in [0.25, 0.3) is 5.57 Å². The lowest BCUT2D eigenvalue weighted by molar-refractivity contribution is -0.138. The van der Waals surface area contributed by atoms with E-state index < -0.39 is 17.3 Å². The molecule has 2 N–H and O–H groups in total. The molecule has 1 aliphatic carbocycles. The van der Waals surface area contributed by atoms with Gasteiger partial charge in [-0.15, -0.1) is 0 Å². The summed E-state index contributed by atoms with van der Waals surface area (Å²) in [6.45, 7) is 1.61. The minimum Gasteiger partial charge on any atom is -0.490 e. The molecule has 3 aliphatic rings. The summed E-state index contributed by atoms with van der Waals surface area (Å²) >= 11 is 0. The lowest BCUT2D eigenvalue weighted by Gasteiger charge is -2.46. The van der Waals surface area contributed by atoms with Crippen molar-refractivity contribution in [3.63, 3.8) is 0 Å². The molecule has 1 saturated carbocycles. The molecular weight excluding hydrogens is 449 g/mol. The van der Waals surface area contributed by atoms with E-state index in [1.807, 2.05) is 4.90 Å². The lowest BCUT2D eigenvalue weighted by Crippen LogP contribution is -2.45. The Labute approximate surface area is 195 Å². The van der Waals surface area contributed by atoms with Gasteiger partial charge in [-0.05, 0) is 55.2 Å². The van der Waals surface area contributed by atoms with Gasteiger partial charge in [-0.25, -0.2) is 0 Å². The summed E-state index contributed by atoms with van der Waals surface area (Å²) in [5.74, 6) is 0.481. The van der Waals surface area contributed by atoms with Gasteiger partial charge in [-0.2, -0.15) is 13.2 Å². The number of halogens is 3. The topological polar surface area (TPSA) is 71.0 Å². The van der Waals surface area contributed by atoms with Crippen molar-refractivity contribution in [1.29, 1.82) is 0 Å². The molecule has 0 bridgehead atoms. The number of carbonyl (C=O) groups excluding carboxylic acids is 1. The van der Waals surface area contributed by atoms with Gasteiger partial charge in [0, 0.05) is 30.3 Å². The number of β-amino-alcohol motifs (C(OH)–C–C–N with tert-alkyl or cyclic N) is 1. The molecule has 34 heavy (non-hydrogen) atoms. The van der Waals surface area contributed by atoms with E-state index in [0.29, 0.717) is 48.7 Å². The van der Waals surface area contributed by atoms with Crippen LogP contribution in [0.15, 0.2) is 42.5 Å². The van der Waals surface area contributed by atoms with E-state index in [9.17, 15) is 23.1 Å². The van der Waals surface area contributed by atoms with Crippen molar-refractivity contribution in [2.75, 3.05) is 36.5 Å². The van der Waals surface area contributed by atoms with Crippen molar-refractivity contribution in [3.8, 4) is 11.5 Å². The van der Waals surface area contributed by atoms with Crippen LogP contribution in [0, 0.1) is 0 Å². The highest BCUT2D eigenvalue weighted by atomic mass is 19.4. The molecule has 1 amide bonds. The molecule has 2 aromatic rings. The van der Waals surface area contributed by atoms with Gasteiger partial charge in [0.25, 0.3) is 0 Å². The van der Waals surface area contributed by atoms with E-state index in [1.54, 1.807) is 18.2 Å². The molecular formula is C25H25F3N2O4. The Balaban J connectivity index is 1.41. The number of hydrogen-bond acceptors (Lipinski definition) is 5. The van der Waals surface area contributed by atoms with Crippen LogP contribution in [0.1, 0.15) is 36.8 Å². The van der Waals surface area contributed by atoms with E-state index in [0.717, 1.165) is 37.1 Å². The van der Waals surface area contributed by atoms with Gasteiger partial charge in [0.1, 0.15) is 23.7 Å². The van der Waals surface area contributed by atoms with Crippen LogP contribution in [-0.2, 0) is 11.0 Å². The largest absolute Gasteiger partial charge is 0.490 e. The average molecular weight is 474 g/mol. The van der Waals surface area contributed by atoms with Gasteiger partial charge in [0.2, 0.25) is 5.91 Å². The third-order valence-electron chi connectivity index (χ3n) is 6.62. The predicted molar refractivity (Wildman–Crippen MR) is 121 cm³/mol. The number of nitrogens with one attached hydrogen (secondary N) is 1. The lowest BCUT2D eigenvalue weighted by atomic mass is 9.72. The first-order valence-corrected chi connectivity index (χ1v) is 11.3. The zero-order chi connectivity index (χ0) is 23.9. The van der Waals surface area contributed by atoms with E-state index in [-0.39, 0.29) is 18.3 Å². The Morgan fingerprint density at radius 2 is 2.00 bits per heavy atom. The first-order chi connectivity index (χ1) is 16.3. The number of fused-ring (bicyclic) bond motifs is 2. The maximum atomic E-state index is 13.2. The SMILES string of the molecule is O=C(/C=C1\CC2(CCC2)Oc2cc(C(F)(F)F)ccc21)Nc1ccc2c(c1)N(CCO)CCO2. The van der Waals surface area contributed by atoms with Crippen LogP contribution in [0.4, 0.5) is 24.5 Å². The van der Waals surface area contributed by atoms with Crippen molar-refractivity contribution in [1.82, 2.24) is 0 Å². The molecule has 180 valence electrons. The molecule has 1 fully saturated rings. The van der Waals surface area contributed by atoms with Crippen LogP contribution in [0.2, 0.25) is 0 Å². The average Bonchev–Trinajstić information content (AvgIpc) is 2.77. The number of ether oxygens (including phenoxy) is 2. The van der Waals surface area contributed by atoms with Crippen molar-refractivity contribution in [2.24, 2.45) is 0 Å². The molecule has 0 atom stereocenters. The van der Waals surface area contributed by atoms with Gasteiger partial charge < -0.3 is 24.8 Å². The monoisotopic (exact) mass is 474 g/mol. The maximum absolute atomic E-state index is 13.2. The Kier molecular flexibility index (Phi) is 5.67. The highest BCUT2D eigenvalue weighted by Gasteiger charge is 2.44. The predicted octanol–water partition coefficient (Wildman–Crippen LogP) is 4.62. The number of amides is 1. The standard InChI is InChI=1S/C25H25F3N2O4/c26-25(27,28)17-2-4-19-16(15-24(6-1-7-24)34-22(19)13-17)12-23(32)29-18-3-5-21-20(14-18)30(8-10-31)9-11-33-21/h2-5,12-14,31H,1,6-11,15H2,(H,29,32)/b16-12+. The van der Waals surface area contributed by atoms with Crippen molar-refractivity contribution >= 4 is 22.9 Å². The molecule has 0 saturated heterocycles. The van der Waals surface area contributed by atoms with Crippen molar-refractivity contribution in [2.45, 2.75) is 37.5 Å². The fourth-order valence-corrected chi connectivity index (χ4v) is 4.78. The smallest absolute Gasteiger partial charge is 0.416 e. The van der Waals surface area contributed by atoms with Gasteiger partial charge in [-0.1, -0.05) is 6.07 Å². The van der Waals surface area contributed by atoms with E-state index in [4.69, 9.17) is 9.47 Å². The Hall–Kier alpha value is -3.20. The first kappa shape index (κ1) is 22.6. The van der Waals surface area contributed by atoms with Crippen molar-refractivity contribution < 1.29 is 32.5 Å². The van der Waals surface area contributed by atoms with Crippen LogP contribution >= 0.6 is 0 Å². The number of aliphatic hydroxyl groups is 1. The summed E-state index contributed by atoms with van der Waals surface area (Å²) in [5, 5.41) is 12.2. The van der Waals surface area contributed by atoms with Crippen molar-refractivity contribution in [3.05, 3.63) is 53.6 Å². The summed E-state index contributed by atoms with van der Waals surface area (Å²) in [5.41, 5.74) is 1.21. The van der Waals surface area contributed by atoms with Crippen LogP contribution in [0.3, 0.4) is 0 Å². The maximum Gasteiger partial charge on any atom is 0.416 e. The number of anilines is 2. The number of rotatable bonds is 4. The number of alkyl halides is 3. The highest BCUT2D eigenvalue weighted by Crippen LogP contribution is 2.50. The molecule has 2 aliphatic heterocycles. The summed E-state index contributed by atoms with van der Waals surface area (Å²) in [6.07, 6.45) is -0.114. The molecule has 2 aromatic carbocycles. The normalized spacial score (nSPS) is 19.5. The number of benzene rings is 2. The van der Waals surface area contributed by atoms with E-state index in [2.05, 4.69) is 5.32 Å².